The average Bonchev–Trinajstić information content (AvgIpc) is 3.18. The minimum Gasteiger partial charge on any atom is -0.411 e. The van der Waals surface area contributed by atoms with Gasteiger partial charge in [-0.15, -0.1) is 10.2 Å². The van der Waals surface area contributed by atoms with Gasteiger partial charge in [-0.3, -0.25) is 4.79 Å². The molecule has 1 heterocycles. The monoisotopic (exact) mass is 395 g/mol. The number of nitrogens with zero attached hydrogens (tertiary/aromatic N) is 2. The SMILES string of the molecule is CC[C@@H](CNC(=O)[C@@H](C)Sc1nnc(-c2ccc(C)cc2)o1)c1ccccc1. The first-order valence-electron chi connectivity index (χ1n) is 9.46. The van der Waals surface area contributed by atoms with E-state index in [9.17, 15) is 4.79 Å². The van der Waals surface area contributed by atoms with E-state index in [4.69, 9.17) is 4.42 Å². The van der Waals surface area contributed by atoms with Crippen molar-refractivity contribution in [2.24, 2.45) is 0 Å². The summed E-state index contributed by atoms with van der Waals surface area (Å²) in [6.07, 6.45) is 0.968. The van der Waals surface area contributed by atoms with Crippen LogP contribution in [0, 0.1) is 6.92 Å². The fraction of sp³-hybridized carbons (Fsp3) is 0.318. The molecule has 0 aliphatic heterocycles. The first-order chi connectivity index (χ1) is 13.6. The standard InChI is InChI=1S/C22H25N3O2S/c1-4-17(18-8-6-5-7-9-18)14-23-20(26)16(3)28-22-25-24-21(27-22)19-12-10-15(2)11-13-19/h5-13,16-17H,4,14H2,1-3H3,(H,23,26)/t16-,17+/m1/s1. The molecular formula is C22H25N3O2S. The van der Waals surface area contributed by atoms with E-state index in [2.05, 4.69) is 34.6 Å². The molecule has 0 saturated carbocycles. The molecule has 3 aromatic rings. The van der Waals surface area contributed by atoms with Gasteiger partial charge >= 0.3 is 0 Å². The molecular weight excluding hydrogens is 370 g/mol. The zero-order valence-corrected chi connectivity index (χ0v) is 17.2. The molecule has 146 valence electrons. The van der Waals surface area contributed by atoms with Crippen molar-refractivity contribution in [3.63, 3.8) is 0 Å². The average molecular weight is 396 g/mol. The van der Waals surface area contributed by atoms with Gasteiger partial charge in [0.1, 0.15) is 0 Å². The molecule has 2 aromatic carbocycles. The molecule has 6 heteroatoms. The Morgan fingerprint density at radius 3 is 2.50 bits per heavy atom. The highest BCUT2D eigenvalue weighted by Crippen LogP contribution is 2.26. The summed E-state index contributed by atoms with van der Waals surface area (Å²) >= 11 is 1.27. The lowest BCUT2D eigenvalue weighted by molar-refractivity contribution is -0.120. The van der Waals surface area contributed by atoms with Crippen molar-refractivity contribution in [2.45, 2.75) is 43.6 Å². The molecule has 3 rings (SSSR count). The molecule has 0 unspecified atom stereocenters. The van der Waals surface area contributed by atoms with Gasteiger partial charge in [0.2, 0.25) is 11.8 Å². The quantitative estimate of drug-likeness (QED) is 0.553. The maximum Gasteiger partial charge on any atom is 0.277 e. The molecule has 0 aliphatic carbocycles. The zero-order chi connectivity index (χ0) is 19.9. The summed E-state index contributed by atoms with van der Waals surface area (Å²) < 4.78 is 5.71. The predicted molar refractivity (Wildman–Crippen MR) is 112 cm³/mol. The number of aromatic nitrogens is 2. The van der Waals surface area contributed by atoms with E-state index in [1.807, 2.05) is 56.3 Å². The van der Waals surface area contributed by atoms with Crippen LogP contribution in [0.1, 0.15) is 37.3 Å². The maximum absolute atomic E-state index is 12.5. The summed E-state index contributed by atoms with van der Waals surface area (Å²) in [6.45, 7) is 6.62. The van der Waals surface area contributed by atoms with Crippen molar-refractivity contribution < 1.29 is 9.21 Å². The van der Waals surface area contributed by atoms with Gasteiger partial charge in [0.15, 0.2) is 0 Å². The molecule has 1 aromatic heterocycles. The second kappa shape index (κ2) is 9.55. The summed E-state index contributed by atoms with van der Waals surface area (Å²) in [7, 11) is 0. The van der Waals surface area contributed by atoms with Gasteiger partial charge < -0.3 is 9.73 Å². The zero-order valence-electron chi connectivity index (χ0n) is 16.4. The molecule has 0 spiro atoms. The molecule has 0 fully saturated rings. The number of benzene rings is 2. The highest BCUT2D eigenvalue weighted by Gasteiger charge is 2.20. The minimum absolute atomic E-state index is 0.0329. The van der Waals surface area contributed by atoms with E-state index in [-0.39, 0.29) is 11.2 Å². The van der Waals surface area contributed by atoms with Gasteiger partial charge in [0.05, 0.1) is 5.25 Å². The third-order valence-electron chi connectivity index (χ3n) is 4.64. The summed E-state index contributed by atoms with van der Waals surface area (Å²) in [5.74, 6) is 0.735. The van der Waals surface area contributed by atoms with Crippen molar-refractivity contribution in [2.75, 3.05) is 6.54 Å². The third-order valence-corrected chi connectivity index (χ3v) is 5.57. The Morgan fingerprint density at radius 2 is 1.82 bits per heavy atom. The van der Waals surface area contributed by atoms with Crippen LogP contribution in [0.2, 0.25) is 0 Å². The van der Waals surface area contributed by atoms with E-state index in [0.29, 0.717) is 23.6 Å². The second-order valence-corrected chi connectivity index (χ2v) is 8.05. The summed E-state index contributed by atoms with van der Waals surface area (Å²) in [5.41, 5.74) is 3.28. The summed E-state index contributed by atoms with van der Waals surface area (Å²) in [4.78, 5) is 12.5. The van der Waals surface area contributed by atoms with Crippen LogP contribution in [-0.4, -0.2) is 27.9 Å². The van der Waals surface area contributed by atoms with E-state index in [0.717, 1.165) is 12.0 Å². The first kappa shape index (κ1) is 20.1. The lowest BCUT2D eigenvalue weighted by atomic mass is 9.96. The van der Waals surface area contributed by atoms with Gasteiger partial charge in [-0.25, -0.2) is 0 Å². The molecule has 0 aliphatic rings. The Bertz CT molecular complexity index is 894. The Labute approximate surface area is 170 Å². The lowest BCUT2D eigenvalue weighted by Gasteiger charge is -2.17. The smallest absolute Gasteiger partial charge is 0.277 e. The Kier molecular flexibility index (Phi) is 6.87. The number of carbonyl (C=O) groups is 1. The van der Waals surface area contributed by atoms with Crippen LogP contribution < -0.4 is 5.32 Å². The molecule has 0 bridgehead atoms. The number of thioether (sulfide) groups is 1. The number of hydrogen-bond acceptors (Lipinski definition) is 5. The highest BCUT2D eigenvalue weighted by atomic mass is 32.2. The summed E-state index contributed by atoms with van der Waals surface area (Å²) in [6, 6.07) is 18.2. The normalized spacial score (nSPS) is 13.1. The molecule has 1 amide bonds. The van der Waals surface area contributed by atoms with Gasteiger partial charge in [0, 0.05) is 18.0 Å². The number of rotatable bonds is 8. The van der Waals surface area contributed by atoms with Crippen LogP contribution in [0.25, 0.3) is 11.5 Å². The largest absolute Gasteiger partial charge is 0.411 e. The van der Waals surface area contributed by atoms with Crippen molar-refractivity contribution in [3.8, 4) is 11.5 Å². The Hall–Kier alpha value is -2.60. The van der Waals surface area contributed by atoms with Crippen LogP contribution in [-0.2, 0) is 4.79 Å². The van der Waals surface area contributed by atoms with Crippen LogP contribution >= 0.6 is 11.8 Å². The van der Waals surface area contributed by atoms with E-state index >= 15 is 0 Å². The fourth-order valence-electron chi connectivity index (χ4n) is 2.87. The highest BCUT2D eigenvalue weighted by molar-refractivity contribution is 8.00. The third kappa shape index (κ3) is 5.23. The number of amides is 1. The summed E-state index contributed by atoms with van der Waals surface area (Å²) in [5, 5.41) is 11.3. The van der Waals surface area contributed by atoms with Crippen molar-refractivity contribution in [1.82, 2.24) is 15.5 Å². The minimum atomic E-state index is -0.320. The molecule has 5 nitrogen and oxygen atoms in total. The van der Waals surface area contributed by atoms with Gasteiger partial charge in [-0.05, 0) is 38.0 Å². The van der Waals surface area contributed by atoms with Crippen LogP contribution in [0.4, 0.5) is 0 Å². The molecule has 1 N–H and O–H groups in total. The van der Waals surface area contributed by atoms with Gasteiger partial charge in [-0.2, -0.15) is 0 Å². The van der Waals surface area contributed by atoms with Crippen molar-refractivity contribution in [3.05, 3.63) is 65.7 Å². The number of hydrogen-bond donors (Lipinski definition) is 1. The lowest BCUT2D eigenvalue weighted by Crippen LogP contribution is -2.34. The fourth-order valence-corrected chi connectivity index (χ4v) is 3.57. The number of nitrogens with one attached hydrogen (secondary N) is 1. The van der Waals surface area contributed by atoms with Crippen molar-refractivity contribution >= 4 is 17.7 Å². The van der Waals surface area contributed by atoms with E-state index in [1.165, 1.54) is 22.9 Å². The predicted octanol–water partition coefficient (Wildman–Crippen LogP) is 4.84. The van der Waals surface area contributed by atoms with Crippen LogP contribution in [0.5, 0.6) is 0 Å². The Balaban J connectivity index is 1.55. The van der Waals surface area contributed by atoms with Gasteiger partial charge in [-0.1, -0.05) is 66.7 Å². The van der Waals surface area contributed by atoms with Crippen LogP contribution in [0.15, 0.2) is 64.2 Å². The first-order valence-corrected chi connectivity index (χ1v) is 10.3. The number of aryl methyl sites for hydroxylation is 1. The second-order valence-electron chi connectivity index (χ2n) is 6.76. The molecule has 0 saturated heterocycles. The molecule has 28 heavy (non-hydrogen) atoms. The molecule has 2 atom stereocenters. The van der Waals surface area contributed by atoms with Crippen molar-refractivity contribution in [1.29, 1.82) is 0 Å². The number of carbonyl (C=O) groups excluding carboxylic acids is 1. The van der Waals surface area contributed by atoms with E-state index < -0.39 is 0 Å². The van der Waals surface area contributed by atoms with E-state index in [1.54, 1.807) is 0 Å². The van der Waals surface area contributed by atoms with Crippen LogP contribution in [0.3, 0.4) is 0 Å². The van der Waals surface area contributed by atoms with Gasteiger partial charge in [0.25, 0.3) is 5.22 Å². The maximum atomic E-state index is 12.5. The topological polar surface area (TPSA) is 68.0 Å². The Morgan fingerprint density at radius 1 is 1.11 bits per heavy atom. The molecule has 0 radical (unpaired) electrons.